The summed E-state index contributed by atoms with van der Waals surface area (Å²) in [5.41, 5.74) is 5.10. The Labute approximate surface area is 140 Å². The highest BCUT2D eigenvalue weighted by molar-refractivity contribution is 5.69. The summed E-state index contributed by atoms with van der Waals surface area (Å²) in [6, 6.07) is 7.23. The maximum atomic E-state index is 11.5. The number of rotatable bonds is 4. The van der Waals surface area contributed by atoms with Crippen LogP contribution in [0, 0.1) is 11.8 Å². The molecule has 0 amide bonds. The molecule has 2 nitrogen and oxygen atoms in total. The van der Waals surface area contributed by atoms with Crippen LogP contribution in [-0.2, 0) is 27.8 Å². The Bertz CT molecular complexity index is 565. The summed E-state index contributed by atoms with van der Waals surface area (Å²) in [5.74, 6) is 1.20. The van der Waals surface area contributed by atoms with Crippen LogP contribution in [0.25, 0.3) is 0 Å². The van der Waals surface area contributed by atoms with Gasteiger partial charge in [-0.2, -0.15) is 0 Å². The smallest absolute Gasteiger partial charge is 0.305 e. The van der Waals surface area contributed by atoms with Gasteiger partial charge in [-0.05, 0) is 78.9 Å². The molecule has 0 aliphatic heterocycles. The first-order valence-electron chi connectivity index (χ1n) is 9.21. The maximum absolute atomic E-state index is 11.5. The number of aryl methyl sites for hydroxylation is 1. The van der Waals surface area contributed by atoms with Crippen LogP contribution in [-0.4, -0.2) is 13.1 Å². The second kappa shape index (κ2) is 6.67. The van der Waals surface area contributed by atoms with Crippen LogP contribution in [0.5, 0.6) is 0 Å². The van der Waals surface area contributed by atoms with E-state index in [9.17, 15) is 4.79 Å². The van der Waals surface area contributed by atoms with Crippen molar-refractivity contribution in [2.24, 2.45) is 11.8 Å². The predicted molar refractivity (Wildman–Crippen MR) is 93.6 cm³/mol. The second-order valence-electron chi connectivity index (χ2n) is 8.09. The number of hydrogen-bond acceptors (Lipinski definition) is 2. The number of carbonyl (C=O) groups excluding carboxylic acids is 1. The number of esters is 1. The highest BCUT2D eigenvalue weighted by Gasteiger charge is 2.41. The van der Waals surface area contributed by atoms with Crippen molar-refractivity contribution in [2.75, 3.05) is 7.11 Å². The molecule has 1 aromatic carbocycles. The van der Waals surface area contributed by atoms with Gasteiger partial charge in [0.2, 0.25) is 0 Å². The monoisotopic (exact) mass is 314 g/mol. The SMILES string of the molecule is COC(=O)CC1CCC2(CCc3cc(CC(C)C)ccc32)CC1. The minimum Gasteiger partial charge on any atom is -0.469 e. The van der Waals surface area contributed by atoms with Crippen molar-refractivity contribution in [3.8, 4) is 0 Å². The number of ether oxygens (including phenoxy) is 1. The zero-order valence-corrected chi connectivity index (χ0v) is 14.9. The van der Waals surface area contributed by atoms with Gasteiger partial charge in [0.25, 0.3) is 0 Å². The minimum absolute atomic E-state index is 0.0453. The van der Waals surface area contributed by atoms with E-state index in [1.54, 1.807) is 11.1 Å². The molecule has 2 aliphatic rings. The molecule has 23 heavy (non-hydrogen) atoms. The first-order valence-corrected chi connectivity index (χ1v) is 9.21. The van der Waals surface area contributed by atoms with Crippen molar-refractivity contribution in [2.45, 2.75) is 70.6 Å². The lowest BCUT2D eigenvalue weighted by Gasteiger charge is -2.38. The summed E-state index contributed by atoms with van der Waals surface area (Å²) in [5, 5.41) is 0. The van der Waals surface area contributed by atoms with E-state index >= 15 is 0 Å². The average molecular weight is 314 g/mol. The van der Waals surface area contributed by atoms with Gasteiger partial charge in [0.05, 0.1) is 7.11 Å². The summed E-state index contributed by atoms with van der Waals surface area (Å²) in [6.07, 6.45) is 9.15. The van der Waals surface area contributed by atoms with E-state index in [4.69, 9.17) is 4.74 Å². The maximum Gasteiger partial charge on any atom is 0.305 e. The Kier molecular flexibility index (Phi) is 4.79. The zero-order chi connectivity index (χ0) is 16.4. The summed E-state index contributed by atoms with van der Waals surface area (Å²) in [6.45, 7) is 4.58. The lowest BCUT2D eigenvalue weighted by atomic mass is 9.66. The highest BCUT2D eigenvalue weighted by Crippen LogP contribution is 2.50. The molecule has 0 bridgehead atoms. The van der Waals surface area contributed by atoms with Gasteiger partial charge >= 0.3 is 5.97 Å². The van der Waals surface area contributed by atoms with Crippen LogP contribution in [0.1, 0.15) is 69.1 Å². The molecule has 1 fully saturated rings. The summed E-state index contributed by atoms with van der Waals surface area (Å²) in [7, 11) is 1.49. The Morgan fingerprint density at radius 3 is 2.65 bits per heavy atom. The van der Waals surface area contributed by atoms with E-state index in [0.29, 0.717) is 17.8 Å². The molecule has 0 aromatic heterocycles. The zero-order valence-electron chi connectivity index (χ0n) is 14.9. The first kappa shape index (κ1) is 16.5. The normalized spacial score (nSPS) is 26.5. The fourth-order valence-corrected chi connectivity index (χ4v) is 4.75. The molecule has 0 heterocycles. The van der Waals surface area contributed by atoms with Crippen LogP contribution in [0.15, 0.2) is 18.2 Å². The number of hydrogen-bond donors (Lipinski definition) is 0. The van der Waals surface area contributed by atoms with Crippen LogP contribution in [0.3, 0.4) is 0 Å². The van der Waals surface area contributed by atoms with Crippen molar-refractivity contribution >= 4 is 5.97 Å². The summed E-state index contributed by atoms with van der Waals surface area (Å²) in [4.78, 5) is 11.5. The molecule has 1 spiro atoms. The van der Waals surface area contributed by atoms with Gasteiger partial charge in [0.15, 0.2) is 0 Å². The topological polar surface area (TPSA) is 26.3 Å². The fourth-order valence-electron chi connectivity index (χ4n) is 4.75. The fraction of sp³-hybridized carbons (Fsp3) is 0.667. The molecule has 0 N–H and O–H groups in total. The van der Waals surface area contributed by atoms with E-state index in [1.807, 2.05) is 0 Å². The van der Waals surface area contributed by atoms with Crippen LogP contribution < -0.4 is 0 Å². The molecule has 2 aliphatic carbocycles. The number of fused-ring (bicyclic) bond motifs is 2. The predicted octanol–water partition coefficient (Wildman–Crippen LogP) is 4.82. The second-order valence-corrected chi connectivity index (χ2v) is 8.09. The van der Waals surface area contributed by atoms with Crippen molar-refractivity contribution in [1.29, 1.82) is 0 Å². The van der Waals surface area contributed by atoms with E-state index in [2.05, 4.69) is 32.0 Å². The van der Waals surface area contributed by atoms with Gasteiger partial charge in [-0.1, -0.05) is 32.0 Å². The van der Waals surface area contributed by atoms with E-state index in [0.717, 1.165) is 5.92 Å². The molecule has 0 unspecified atom stereocenters. The molecule has 3 rings (SSSR count). The molecule has 1 saturated carbocycles. The van der Waals surface area contributed by atoms with Gasteiger partial charge in [0, 0.05) is 6.42 Å². The van der Waals surface area contributed by atoms with Crippen molar-refractivity contribution in [1.82, 2.24) is 0 Å². The quantitative estimate of drug-likeness (QED) is 0.745. The van der Waals surface area contributed by atoms with Crippen molar-refractivity contribution < 1.29 is 9.53 Å². The van der Waals surface area contributed by atoms with Gasteiger partial charge in [-0.3, -0.25) is 4.79 Å². The van der Waals surface area contributed by atoms with Crippen LogP contribution >= 0.6 is 0 Å². The molecule has 0 atom stereocenters. The van der Waals surface area contributed by atoms with E-state index in [1.165, 1.54) is 57.6 Å². The Morgan fingerprint density at radius 1 is 1.26 bits per heavy atom. The van der Waals surface area contributed by atoms with Gasteiger partial charge < -0.3 is 4.74 Å². The van der Waals surface area contributed by atoms with Gasteiger partial charge in [-0.25, -0.2) is 0 Å². The number of methoxy groups -OCH3 is 1. The first-order chi connectivity index (χ1) is 11.0. The molecule has 126 valence electrons. The standard InChI is InChI=1S/C21H30O2/c1-15(2)12-17-4-5-19-18(13-17)8-11-21(19)9-6-16(7-10-21)14-20(22)23-3/h4-5,13,15-16H,6-12,14H2,1-3H3. The Hall–Kier alpha value is -1.31. The number of carbonyl (C=O) groups is 1. The lowest BCUT2D eigenvalue weighted by Crippen LogP contribution is -2.30. The third kappa shape index (κ3) is 3.46. The molecular formula is C21H30O2. The molecule has 0 saturated heterocycles. The number of benzene rings is 1. The third-order valence-corrected chi connectivity index (χ3v) is 6.00. The van der Waals surface area contributed by atoms with Gasteiger partial charge in [0.1, 0.15) is 0 Å². The Morgan fingerprint density at radius 2 is 2.00 bits per heavy atom. The van der Waals surface area contributed by atoms with E-state index in [-0.39, 0.29) is 5.97 Å². The average Bonchev–Trinajstić information content (AvgIpc) is 2.87. The molecular weight excluding hydrogens is 284 g/mol. The molecule has 1 aromatic rings. The Balaban J connectivity index is 1.69. The largest absolute Gasteiger partial charge is 0.469 e. The van der Waals surface area contributed by atoms with Crippen LogP contribution in [0.4, 0.5) is 0 Å². The van der Waals surface area contributed by atoms with Gasteiger partial charge in [-0.15, -0.1) is 0 Å². The van der Waals surface area contributed by atoms with Crippen molar-refractivity contribution in [3.63, 3.8) is 0 Å². The van der Waals surface area contributed by atoms with Crippen LogP contribution in [0.2, 0.25) is 0 Å². The summed E-state index contributed by atoms with van der Waals surface area (Å²) < 4.78 is 4.83. The highest BCUT2D eigenvalue weighted by atomic mass is 16.5. The summed E-state index contributed by atoms with van der Waals surface area (Å²) >= 11 is 0. The van der Waals surface area contributed by atoms with Crippen molar-refractivity contribution in [3.05, 3.63) is 34.9 Å². The molecule has 2 heteroatoms. The third-order valence-electron chi connectivity index (χ3n) is 6.00. The molecule has 0 radical (unpaired) electrons. The van der Waals surface area contributed by atoms with E-state index < -0.39 is 0 Å². The lowest BCUT2D eigenvalue weighted by molar-refractivity contribution is -0.142. The minimum atomic E-state index is -0.0453.